The third-order valence-corrected chi connectivity index (χ3v) is 5.07. The van der Waals surface area contributed by atoms with Crippen molar-refractivity contribution in [3.8, 4) is 22.7 Å². The summed E-state index contributed by atoms with van der Waals surface area (Å²) in [6.45, 7) is 0.0692. The highest BCUT2D eigenvalue weighted by molar-refractivity contribution is 7.85. The number of alkyl halides is 3. The topological polar surface area (TPSA) is 70.4 Å². The number of hydrogen-bond donors (Lipinski definition) is 0. The van der Waals surface area contributed by atoms with Gasteiger partial charge >= 0.3 is 6.18 Å². The van der Waals surface area contributed by atoms with Gasteiger partial charge in [0.15, 0.2) is 5.69 Å². The van der Waals surface area contributed by atoms with E-state index in [0.717, 1.165) is 17.9 Å². The first-order valence-electron chi connectivity index (χ1n) is 9.32. The molecule has 0 atom stereocenters. The maximum absolute atomic E-state index is 13.3. The minimum atomic E-state index is -4.58. The van der Waals surface area contributed by atoms with Crippen molar-refractivity contribution in [3.05, 3.63) is 65.9 Å². The van der Waals surface area contributed by atoms with Gasteiger partial charge in [0.2, 0.25) is 0 Å². The fourth-order valence-corrected chi connectivity index (χ4v) is 3.39. The average molecular weight is 454 g/mol. The first-order chi connectivity index (χ1) is 14.6. The highest BCUT2D eigenvalue weighted by atomic mass is 32.2. The number of ether oxygens (including phenoxy) is 1. The molecule has 2 aromatic carbocycles. The summed E-state index contributed by atoms with van der Waals surface area (Å²) in [5, 5.41) is 3.77. The van der Waals surface area contributed by atoms with Crippen molar-refractivity contribution in [3.63, 3.8) is 0 Å². The molecular weight excluding hydrogens is 433 g/mol. The van der Waals surface area contributed by atoms with E-state index in [1.807, 2.05) is 0 Å². The molecule has 0 fully saturated rings. The number of aryl methyl sites for hydroxylation is 1. The number of benzene rings is 2. The van der Waals surface area contributed by atoms with Gasteiger partial charge in [-0.15, -0.1) is 0 Å². The molecule has 6 nitrogen and oxygen atoms in total. The zero-order valence-electron chi connectivity index (χ0n) is 16.9. The summed E-state index contributed by atoms with van der Waals surface area (Å²) >= 11 is 0. The lowest BCUT2D eigenvalue weighted by Crippen LogP contribution is -2.07. The average Bonchev–Trinajstić information content (AvgIpc) is 3.17. The van der Waals surface area contributed by atoms with Gasteiger partial charge in [-0.2, -0.15) is 26.7 Å². The molecule has 10 heteroatoms. The molecule has 0 aliphatic heterocycles. The Morgan fingerprint density at radius 1 is 1.03 bits per heavy atom. The Hall–Kier alpha value is -2.85. The highest BCUT2D eigenvalue weighted by Crippen LogP contribution is 2.33. The Bertz CT molecular complexity index is 1120. The van der Waals surface area contributed by atoms with Crippen LogP contribution in [-0.2, 0) is 26.9 Å². The van der Waals surface area contributed by atoms with Crippen LogP contribution in [0.5, 0.6) is 5.75 Å². The summed E-state index contributed by atoms with van der Waals surface area (Å²) in [6, 6.07) is 14.6. The lowest BCUT2D eigenvalue weighted by molar-refractivity contribution is -0.141. The molecule has 0 unspecified atom stereocenters. The van der Waals surface area contributed by atoms with Crippen LogP contribution >= 0.6 is 0 Å². The van der Waals surface area contributed by atoms with Crippen LogP contribution in [-0.4, -0.2) is 38.2 Å². The predicted octanol–water partition coefficient (Wildman–Crippen LogP) is 4.48. The van der Waals surface area contributed by atoms with Crippen LogP contribution in [0.15, 0.2) is 54.6 Å². The van der Waals surface area contributed by atoms with Crippen molar-refractivity contribution in [2.45, 2.75) is 19.0 Å². The lowest BCUT2D eigenvalue weighted by atomic mass is 10.1. The van der Waals surface area contributed by atoms with E-state index in [2.05, 4.69) is 5.10 Å². The molecule has 0 aliphatic rings. The molecule has 0 bridgehead atoms. The van der Waals surface area contributed by atoms with Crippen molar-refractivity contribution >= 4 is 10.1 Å². The summed E-state index contributed by atoms with van der Waals surface area (Å²) in [6.07, 6.45) is -2.52. The molecule has 1 heterocycles. The van der Waals surface area contributed by atoms with E-state index < -0.39 is 22.0 Å². The molecule has 166 valence electrons. The second-order valence-electron chi connectivity index (χ2n) is 6.85. The molecule has 3 aromatic rings. The maximum atomic E-state index is 13.3. The lowest BCUT2D eigenvalue weighted by Gasteiger charge is -2.09. The van der Waals surface area contributed by atoms with Gasteiger partial charge in [0, 0.05) is 5.56 Å². The van der Waals surface area contributed by atoms with E-state index in [0.29, 0.717) is 35.5 Å². The molecule has 0 N–H and O–H groups in total. The molecular formula is C21H21F3N2O4S. The van der Waals surface area contributed by atoms with Gasteiger partial charge in [-0.3, -0.25) is 4.18 Å². The number of aromatic nitrogens is 2. The van der Waals surface area contributed by atoms with Gasteiger partial charge in [0.05, 0.1) is 31.4 Å². The smallest absolute Gasteiger partial charge is 0.435 e. The van der Waals surface area contributed by atoms with E-state index in [1.54, 1.807) is 48.5 Å². The van der Waals surface area contributed by atoms with Gasteiger partial charge in [0.1, 0.15) is 5.75 Å². The number of halogens is 3. The van der Waals surface area contributed by atoms with Crippen LogP contribution in [0.4, 0.5) is 13.2 Å². The Morgan fingerprint density at radius 2 is 1.68 bits per heavy atom. The quantitative estimate of drug-likeness (QED) is 0.371. The Morgan fingerprint density at radius 3 is 2.23 bits per heavy atom. The largest absolute Gasteiger partial charge is 0.497 e. The fourth-order valence-electron chi connectivity index (χ4n) is 2.97. The van der Waals surface area contributed by atoms with Crippen LogP contribution in [0.2, 0.25) is 0 Å². The van der Waals surface area contributed by atoms with E-state index >= 15 is 0 Å². The molecule has 0 aliphatic carbocycles. The maximum Gasteiger partial charge on any atom is 0.435 e. The minimum Gasteiger partial charge on any atom is -0.497 e. The molecule has 0 spiro atoms. The summed E-state index contributed by atoms with van der Waals surface area (Å²) in [5.74, 6) is 0.581. The SMILES string of the molecule is COc1ccc(-n2nc(C(F)(F)F)cc2-c2ccc(CCCOS(C)(=O)=O)cc2)cc1. The first-order valence-corrected chi connectivity index (χ1v) is 11.1. The number of methoxy groups -OCH3 is 1. The number of nitrogens with zero attached hydrogens (tertiary/aromatic N) is 2. The normalized spacial score (nSPS) is 12.2. The third-order valence-electron chi connectivity index (χ3n) is 4.47. The summed E-state index contributed by atoms with van der Waals surface area (Å²) in [4.78, 5) is 0. The molecule has 0 saturated carbocycles. The number of rotatable bonds is 8. The summed E-state index contributed by atoms with van der Waals surface area (Å²) in [5.41, 5.74) is 1.25. The zero-order chi connectivity index (χ0) is 22.6. The second kappa shape index (κ2) is 9.11. The minimum absolute atomic E-state index is 0.0692. The van der Waals surface area contributed by atoms with Gasteiger partial charge in [-0.25, -0.2) is 4.68 Å². The zero-order valence-corrected chi connectivity index (χ0v) is 17.7. The summed E-state index contributed by atoms with van der Waals surface area (Å²) in [7, 11) is -1.97. The van der Waals surface area contributed by atoms with Gasteiger partial charge < -0.3 is 4.74 Å². The molecule has 0 saturated heterocycles. The molecule has 0 amide bonds. The Kier molecular flexibility index (Phi) is 6.71. The highest BCUT2D eigenvalue weighted by Gasteiger charge is 2.35. The van der Waals surface area contributed by atoms with E-state index in [9.17, 15) is 21.6 Å². The van der Waals surface area contributed by atoms with E-state index in [1.165, 1.54) is 11.8 Å². The van der Waals surface area contributed by atoms with Crippen molar-refractivity contribution < 1.29 is 30.5 Å². The van der Waals surface area contributed by atoms with Crippen molar-refractivity contribution in [2.75, 3.05) is 20.0 Å². The first kappa shape index (κ1) is 22.8. The van der Waals surface area contributed by atoms with Crippen LogP contribution in [0.1, 0.15) is 17.7 Å². The Balaban J connectivity index is 1.86. The Labute approximate surface area is 178 Å². The van der Waals surface area contributed by atoms with Crippen molar-refractivity contribution in [2.24, 2.45) is 0 Å². The molecule has 1 aromatic heterocycles. The fraction of sp³-hybridized carbons (Fsp3) is 0.286. The van der Waals surface area contributed by atoms with Crippen LogP contribution in [0.3, 0.4) is 0 Å². The van der Waals surface area contributed by atoms with Gasteiger partial charge in [-0.05, 0) is 48.7 Å². The van der Waals surface area contributed by atoms with E-state index in [-0.39, 0.29) is 6.61 Å². The second-order valence-corrected chi connectivity index (χ2v) is 8.49. The third kappa shape index (κ3) is 6.08. The van der Waals surface area contributed by atoms with Gasteiger partial charge in [0.25, 0.3) is 10.1 Å². The molecule has 0 radical (unpaired) electrons. The van der Waals surface area contributed by atoms with E-state index in [4.69, 9.17) is 8.92 Å². The van der Waals surface area contributed by atoms with Gasteiger partial charge in [-0.1, -0.05) is 24.3 Å². The summed E-state index contributed by atoms with van der Waals surface area (Å²) < 4.78 is 72.9. The van der Waals surface area contributed by atoms with Crippen LogP contribution in [0.25, 0.3) is 16.9 Å². The molecule has 31 heavy (non-hydrogen) atoms. The standard InChI is InChI=1S/C21H21F3N2O4S/c1-29-18-11-9-17(10-12-18)26-19(14-20(25-26)21(22,23)24)16-7-5-15(6-8-16)4-3-13-30-31(2,27)28/h5-12,14H,3-4,13H2,1-2H3. The number of hydrogen-bond acceptors (Lipinski definition) is 5. The van der Waals surface area contributed by atoms with Crippen LogP contribution < -0.4 is 4.74 Å². The van der Waals surface area contributed by atoms with Crippen molar-refractivity contribution in [1.29, 1.82) is 0 Å². The monoisotopic (exact) mass is 454 g/mol. The predicted molar refractivity (Wildman–Crippen MR) is 110 cm³/mol. The van der Waals surface area contributed by atoms with Crippen LogP contribution in [0, 0.1) is 0 Å². The molecule has 3 rings (SSSR count). The van der Waals surface area contributed by atoms with Crippen molar-refractivity contribution in [1.82, 2.24) is 9.78 Å².